The summed E-state index contributed by atoms with van der Waals surface area (Å²) in [4.78, 5) is 25.3. The first kappa shape index (κ1) is 20.9. The van der Waals surface area contributed by atoms with Crippen LogP contribution in [0.5, 0.6) is 0 Å². The van der Waals surface area contributed by atoms with Gasteiger partial charge in [0.2, 0.25) is 5.91 Å². The fourth-order valence-corrected chi connectivity index (χ4v) is 3.94. The van der Waals surface area contributed by atoms with E-state index >= 15 is 0 Å². The highest BCUT2D eigenvalue weighted by Gasteiger charge is 2.39. The minimum Gasteiger partial charge on any atom is -0.311 e. The minimum atomic E-state index is -0.746. The monoisotopic (exact) mass is 419 g/mol. The van der Waals surface area contributed by atoms with Gasteiger partial charge in [0, 0.05) is 37.6 Å². The van der Waals surface area contributed by atoms with Crippen molar-refractivity contribution in [3.63, 3.8) is 0 Å². The van der Waals surface area contributed by atoms with Crippen molar-refractivity contribution in [1.29, 1.82) is 5.26 Å². The van der Waals surface area contributed by atoms with E-state index in [0.29, 0.717) is 17.8 Å². The third kappa shape index (κ3) is 4.23. The molecule has 1 unspecified atom stereocenters. The van der Waals surface area contributed by atoms with Crippen molar-refractivity contribution in [3.8, 4) is 6.07 Å². The number of rotatable bonds is 6. The molecule has 3 aromatic heterocycles. The van der Waals surface area contributed by atoms with E-state index in [9.17, 15) is 10.1 Å². The molecule has 1 amide bonds. The van der Waals surface area contributed by atoms with E-state index in [0.717, 1.165) is 22.5 Å². The molecule has 0 radical (unpaired) electrons. The molecule has 1 atom stereocenters. The summed E-state index contributed by atoms with van der Waals surface area (Å²) in [5.74, 6) is 0.307. The quantitative estimate of drug-likeness (QED) is 0.504. The van der Waals surface area contributed by atoms with Crippen molar-refractivity contribution >= 4 is 11.7 Å². The van der Waals surface area contributed by atoms with Gasteiger partial charge < -0.3 is 5.32 Å². The minimum absolute atomic E-state index is 0.181. The first-order valence-electron chi connectivity index (χ1n) is 10.2. The molecule has 0 aliphatic heterocycles. The number of anilines is 1. The summed E-state index contributed by atoms with van der Waals surface area (Å²) in [7, 11) is 0. The zero-order valence-corrected chi connectivity index (χ0v) is 17.6. The van der Waals surface area contributed by atoms with Crippen LogP contribution in [0.15, 0.2) is 91.4 Å². The molecular formula is C26H21N5O. The number of nitriles is 1. The van der Waals surface area contributed by atoms with Crippen LogP contribution >= 0.6 is 0 Å². The van der Waals surface area contributed by atoms with Gasteiger partial charge in [-0.1, -0.05) is 30.3 Å². The molecule has 156 valence electrons. The van der Waals surface area contributed by atoms with Crippen molar-refractivity contribution < 1.29 is 4.79 Å². The number of amides is 1. The molecule has 0 aliphatic carbocycles. The van der Waals surface area contributed by atoms with Gasteiger partial charge in [-0.25, -0.2) is 4.98 Å². The number of benzene rings is 1. The lowest BCUT2D eigenvalue weighted by molar-refractivity contribution is -0.114. The zero-order valence-electron chi connectivity index (χ0n) is 17.6. The number of carbonyl (C=O) groups excluding carboxylic acids is 1. The predicted octanol–water partition coefficient (Wildman–Crippen LogP) is 4.28. The molecule has 4 rings (SSSR count). The number of carbonyl (C=O) groups is 1. The van der Waals surface area contributed by atoms with Crippen LogP contribution < -0.4 is 5.32 Å². The molecule has 0 aliphatic rings. The highest BCUT2D eigenvalue weighted by Crippen LogP contribution is 2.41. The Kier molecular flexibility index (Phi) is 6.00. The van der Waals surface area contributed by atoms with E-state index in [2.05, 4.69) is 21.4 Å². The average molecular weight is 419 g/mol. The lowest BCUT2D eigenvalue weighted by Crippen LogP contribution is -2.34. The maximum atomic E-state index is 11.5. The molecule has 6 nitrogen and oxygen atoms in total. The summed E-state index contributed by atoms with van der Waals surface area (Å²) >= 11 is 0. The van der Waals surface area contributed by atoms with Gasteiger partial charge >= 0.3 is 0 Å². The van der Waals surface area contributed by atoms with Crippen LogP contribution in [-0.4, -0.2) is 20.9 Å². The molecule has 1 aromatic carbocycles. The topological polar surface area (TPSA) is 91.6 Å². The largest absolute Gasteiger partial charge is 0.311 e. The van der Waals surface area contributed by atoms with Crippen molar-refractivity contribution in [2.75, 3.05) is 5.32 Å². The Morgan fingerprint density at radius 3 is 2.56 bits per heavy atom. The molecular weight excluding hydrogens is 398 g/mol. The Labute approximate surface area is 186 Å². The average Bonchev–Trinajstić information content (AvgIpc) is 2.83. The van der Waals surface area contributed by atoms with Crippen LogP contribution in [0.25, 0.3) is 0 Å². The summed E-state index contributed by atoms with van der Waals surface area (Å²) in [6.45, 7) is 1.45. The normalized spacial score (nSPS) is 12.4. The maximum absolute atomic E-state index is 11.5. The second kappa shape index (κ2) is 9.19. The first-order valence-corrected chi connectivity index (χ1v) is 10.2. The Morgan fingerprint density at radius 2 is 1.84 bits per heavy atom. The Morgan fingerprint density at radius 1 is 1.00 bits per heavy atom. The van der Waals surface area contributed by atoms with Crippen LogP contribution in [-0.2, 0) is 16.6 Å². The SMILES string of the molecule is CC(=O)Nc1cccc(CC(c2cccnc2)(c2cccc(C#N)c2)c2ccccn2)n1. The molecule has 1 N–H and O–H groups in total. The second-order valence-electron chi connectivity index (χ2n) is 7.43. The summed E-state index contributed by atoms with van der Waals surface area (Å²) in [5.41, 5.74) is 3.25. The Bertz CT molecular complexity index is 1230. The molecule has 0 spiro atoms. The van der Waals surface area contributed by atoms with Gasteiger partial charge in [-0.05, 0) is 53.6 Å². The van der Waals surface area contributed by atoms with Crippen molar-refractivity contribution in [3.05, 3.63) is 119 Å². The van der Waals surface area contributed by atoms with E-state index in [1.807, 2.05) is 66.9 Å². The number of hydrogen-bond donors (Lipinski definition) is 1. The highest BCUT2D eigenvalue weighted by atomic mass is 16.1. The van der Waals surface area contributed by atoms with Gasteiger partial charge in [0.1, 0.15) is 5.82 Å². The Hall–Kier alpha value is -4.37. The highest BCUT2D eigenvalue weighted by molar-refractivity contribution is 5.87. The van der Waals surface area contributed by atoms with Gasteiger partial charge in [0.05, 0.1) is 22.7 Å². The summed E-state index contributed by atoms with van der Waals surface area (Å²) in [6, 6.07) is 25.0. The number of nitrogens with zero attached hydrogens (tertiary/aromatic N) is 4. The molecule has 0 saturated carbocycles. The van der Waals surface area contributed by atoms with Gasteiger partial charge in [-0.3, -0.25) is 14.8 Å². The van der Waals surface area contributed by atoms with E-state index in [4.69, 9.17) is 4.98 Å². The smallest absolute Gasteiger partial charge is 0.222 e. The van der Waals surface area contributed by atoms with Crippen LogP contribution in [0.2, 0.25) is 0 Å². The van der Waals surface area contributed by atoms with Crippen molar-refractivity contribution in [1.82, 2.24) is 15.0 Å². The summed E-state index contributed by atoms with van der Waals surface area (Å²) < 4.78 is 0. The zero-order chi connectivity index (χ0) is 22.4. The molecule has 0 saturated heterocycles. The van der Waals surface area contributed by atoms with Crippen LogP contribution in [0, 0.1) is 11.3 Å². The summed E-state index contributed by atoms with van der Waals surface area (Å²) in [6.07, 6.45) is 5.77. The molecule has 0 bridgehead atoms. The van der Waals surface area contributed by atoms with Crippen LogP contribution in [0.4, 0.5) is 5.82 Å². The second-order valence-corrected chi connectivity index (χ2v) is 7.43. The lowest BCUT2D eigenvalue weighted by atomic mass is 9.69. The first-order chi connectivity index (χ1) is 15.6. The number of pyridine rings is 3. The number of aromatic nitrogens is 3. The van der Waals surface area contributed by atoms with Gasteiger partial charge in [0.15, 0.2) is 0 Å². The molecule has 6 heteroatoms. The molecule has 32 heavy (non-hydrogen) atoms. The van der Waals surface area contributed by atoms with Gasteiger partial charge in [0.25, 0.3) is 0 Å². The maximum Gasteiger partial charge on any atom is 0.222 e. The third-order valence-electron chi connectivity index (χ3n) is 5.30. The molecule has 4 aromatic rings. The van der Waals surface area contributed by atoms with E-state index in [1.165, 1.54) is 6.92 Å². The fourth-order valence-electron chi connectivity index (χ4n) is 3.94. The van der Waals surface area contributed by atoms with Crippen molar-refractivity contribution in [2.24, 2.45) is 0 Å². The number of hydrogen-bond acceptors (Lipinski definition) is 5. The molecule has 0 fully saturated rings. The number of nitrogens with one attached hydrogen (secondary N) is 1. The lowest BCUT2D eigenvalue weighted by Gasteiger charge is -2.34. The van der Waals surface area contributed by atoms with Crippen LogP contribution in [0.3, 0.4) is 0 Å². The summed E-state index contributed by atoms with van der Waals surface area (Å²) in [5, 5.41) is 12.3. The predicted molar refractivity (Wildman–Crippen MR) is 122 cm³/mol. The van der Waals surface area contributed by atoms with Crippen molar-refractivity contribution in [2.45, 2.75) is 18.8 Å². The fraction of sp³-hybridized carbons (Fsp3) is 0.115. The van der Waals surface area contributed by atoms with E-state index in [-0.39, 0.29) is 5.91 Å². The van der Waals surface area contributed by atoms with Crippen LogP contribution in [0.1, 0.15) is 35.0 Å². The molecule has 3 heterocycles. The standard InChI is InChI=1S/C26H21N5O/c1-19(32)30-25-12-5-10-23(31-25)16-26(22-9-6-13-28-18-22,24-11-2-3-14-29-24)21-8-4-7-20(15-21)17-27/h2-15,18H,16H2,1H3,(H,30,31,32). The third-order valence-corrected chi connectivity index (χ3v) is 5.30. The van der Waals surface area contributed by atoms with Gasteiger partial charge in [-0.15, -0.1) is 0 Å². The van der Waals surface area contributed by atoms with E-state index < -0.39 is 5.41 Å². The Balaban J connectivity index is 1.97. The van der Waals surface area contributed by atoms with E-state index in [1.54, 1.807) is 24.5 Å². The van der Waals surface area contributed by atoms with Gasteiger partial charge in [-0.2, -0.15) is 5.26 Å².